The molecule has 0 atom stereocenters. The molecular formula is C11H13F2NO3. The lowest BCUT2D eigenvalue weighted by molar-refractivity contribution is -0.137. The number of carboxylic acids is 1. The highest BCUT2D eigenvalue weighted by Crippen LogP contribution is 2.24. The third kappa shape index (κ3) is 3.90. The Labute approximate surface area is 97.2 Å². The van der Waals surface area contributed by atoms with Gasteiger partial charge in [-0.15, -0.1) is 0 Å². The Kier molecular flexibility index (Phi) is 4.68. The smallest absolute Gasteiger partial charge is 0.303 e. The van der Waals surface area contributed by atoms with Gasteiger partial charge in [0, 0.05) is 25.1 Å². The van der Waals surface area contributed by atoms with Crippen LogP contribution in [0.1, 0.15) is 12.8 Å². The van der Waals surface area contributed by atoms with Gasteiger partial charge in [-0.1, -0.05) is 0 Å². The number of methoxy groups -OCH3 is 1. The minimum Gasteiger partial charge on any atom is -0.494 e. The first-order chi connectivity index (χ1) is 8.04. The molecule has 0 heterocycles. The minimum atomic E-state index is -0.923. The predicted molar refractivity (Wildman–Crippen MR) is 58.3 cm³/mol. The fourth-order valence-corrected chi connectivity index (χ4v) is 1.28. The summed E-state index contributed by atoms with van der Waals surface area (Å²) in [6, 6.07) is 1.92. The highest BCUT2D eigenvalue weighted by atomic mass is 19.1. The van der Waals surface area contributed by atoms with Crippen LogP contribution in [0.4, 0.5) is 14.5 Å². The van der Waals surface area contributed by atoms with E-state index in [9.17, 15) is 13.6 Å². The van der Waals surface area contributed by atoms with Crippen LogP contribution in [-0.2, 0) is 4.79 Å². The van der Waals surface area contributed by atoms with Gasteiger partial charge in [-0.25, -0.2) is 8.78 Å². The standard InChI is InChI=1S/C11H13F2NO3/c1-17-10-6-7(12)9(5-8(10)13)14-4-2-3-11(15)16/h5-6,14H,2-4H2,1H3,(H,15,16). The van der Waals surface area contributed by atoms with Crippen LogP contribution in [0.5, 0.6) is 5.75 Å². The Bertz CT molecular complexity index is 410. The first-order valence-corrected chi connectivity index (χ1v) is 5.03. The quantitative estimate of drug-likeness (QED) is 0.755. The average molecular weight is 245 g/mol. The van der Waals surface area contributed by atoms with Crippen molar-refractivity contribution in [1.29, 1.82) is 0 Å². The lowest BCUT2D eigenvalue weighted by Gasteiger charge is -2.09. The van der Waals surface area contributed by atoms with Crippen molar-refractivity contribution >= 4 is 11.7 Å². The van der Waals surface area contributed by atoms with Crippen LogP contribution in [0, 0.1) is 11.6 Å². The number of carbonyl (C=O) groups is 1. The van der Waals surface area contributed by atoms with Crippen molar-refractivity contribution in [3.63, 3.8) is 0 Å². The first-order valence-electron chi connectivity index (χ1n) is 5.03. The molecule has 1 aromatic carbocycles. The zero-order valence-corrected chi connectivity index (χ0v) is 9.30. The van der Waals surface area contributed by atoms with Crippen LogP contribution < -0.4 is 10.1 Å². The summed E-state index contributed by atoms with van der Waals surface area (Å²) in [5.41, 5.74) is -0.00584. The lowest BCUT2D eigenvalue weighted by atomic mass is 10.2. The number of rotatable bonds is 6. The molecule has 1 rings (SSSR count). The molecule has 0 amide bonds. The summed E-state index contributed by atoms with van der Waals surface area (Å²) in [6.07, 6.45) is 0.315. The van der Waals surface area contributed by atoms with Crippen molar-refractivity contribution in [2.45, 2.75) is 12.8 Å². The molecular weight excluding hydrogens is 232 g/mol. The highest BCUT2D eigenvalue weighted by Gasteiger charge is 2.09. The summed E-state index contributed by atoms with van der Waals surface area (Å²) in [6.45, 7) is 0.259. The van der Waals surface area contributed by atoms with Crippen LogP contribution in [0.15, 0.2) is 12.1 Å². The maximum atomic E-state index is 13.4. The van der Waals surface area contributed by atoms with Gasteiger partial charge >= 0.3 is 5.97 Å². The highest BCUT2D eigenvalue weighted by molar-refractivity contribution is 5.66. The molecule has 0 spiro atoms. The number of aliphatic carboxylic acids is 1. The first kappa shape index (κ1) is 13.2. The van der Waals surface area contributed by atoms with Gasteiger partial charge in [0.15, 0.2) is 11.6 Å². The average Bonchev–Trinajstić information content (AvgIpc) is 2.28. The van der Waals surface area contributed by atoms with E-state index in [-0.39, 0.29) is 24.4 Å². The zero-order chi connectivity index (χ0) is 12.8. The van der Waals surface area contributed by atoms with Crippen molar-refractivity contribution in [1.82, 2.24) is 0 Å². The van der Waals surface area contributed by atoms with E-state index in [2.05, 4.69) is 10.1 Å². The second-order valence-electron chi connectivity index (χ2n) is 3.39. The van der Waals surface area contributed by atoms with Gasteiger partial charge in [0.05, 0.1) is 12.8 Å². The molecule has 2 N–H and O–H groups in total. The summed E-state index contributed by atoms with van der Waals surface area (Å²) in [5, 5.41) is 11.0. The molecule has 1 aromatic rings. The summed E-state index contributed by atoms with van der Waals surface area (Å²) in [4.78, 5) is 10.2. The third-order valence-electron chi connectivity index (χ3n) is 2.12. The fraction of sp³-hybridized carbons (Fsp3) is 0.364. The predicted octanol–water partition coefficient (Wildman–Crippen LogP) is 2.25. The maximum Gasteiger partial charge on any atom is 0.303 e. The van der Waals surface area contributed by atoms with E-state index in [1.807, 2.05) is 0 Å². The molecule has 6 heteroatoms. The van der Waals surface area contributed by atoms with Gasteiger partial charge in [0.2, 0.25) is 0 Å². The van der Waals surface area contributed by atoms with E-state index in [1.165, 1.54) is 7.11 Å². The van der Waals surface area contributed by atoms with Crippen LogP contribution in [-0.4, -0.2) is 24.7 Å². The van der Waals surface area contributed by atoms with Crippen molar-refractivity contribution in [3.8, 4) is 5.75 Å². The molecule has 0 fully saturated rings. The van der Waals surface area contributed by atoms with Crippen molar-refractivity contribution < 1.29 is 23.4 Å². The normalized spacial score (nSPS) is 10.1. The second kappa shape index (κ2) is 6.03. The molecule has 0 aliphatic heterocycles. The number of hydrogen-bond donors (Lipinski definition) is 2. The van der Waals surface area contributed by atoms with Gasteiger partial charge in [-0.2, -0.15) is 0 Å². The van der Waals surface area contributed by atoms with Gasteiger partial charge in [0.1, 0.15) is 5.82 Å². The van der Waals surface area contributed by atoms with Gasteiger partial charge < -0.3 is 15.2 Å². The minimum absolute atomic E-state index is 0.00584. The Morgan fingerprint density at radius 3 is 2.71 bits per heavy atom. The Balaban J connectivity index is 2.59. The topological polar surface area (TPSA) is 58.6 Å². The van der Waals surface area contributed by atoms with E-state index in [1.54, 1.807) is 0 Å². The number of nitrogens with one attached hydrogen (secondary N) is 1. The Morgan fingerprint density at radius 2 is 2.12 bits per heavy atom. The molecule has 0 radical (unpaired) electrons. The molecule has 94 valence electrons. The van der Waals surface area contributed by atoms with E-state index < -0.39 is 17.6 Å². The summed E-state index contributed by atoms with van der Waals surface area (Å²) < 4.78 is 31.2. The molecule has 4 nitrogen and oxygen atoms in total. The van der Waals surface area contributed by atoms with Gasteiger partial charge in [-0.3, -0.25) is 4.79 Å². The molecule has 0 saturated carbocycles. The second-order valence-corrected chi connectivity index (χ2v) is 3.39. The number of anilines is 1. The molecule has 0 aliphatic rings. The lowest BCUT2D eigenvalue weighted by Crippen LogP contribution is -2.06. The zero-order valence-electron chi connectivity index (χ0n) is 9.30. The molecule has 0 bridgehead atoms. The number of hydrogen-bond acceptors (Lipinski definition) is 3. The molecule has 0 unspecified atom stereocenters. The molecule has 0 saturated heterocycles. The van der Waals surface area contributed by atoms with E-state index in [0.717, 1.165) is 12.1 Å². The third-order valence-corrected chi connectivity index (χ3v) is 2.12. The number of ether oxygens (including phenoxy) is 1. The van der Waals surface area contributed by atoms with E-state index in [0.29, 0.717) is 6.42 Å². The molecule has 0 aromatic heterocycles. The summed E-state index contributed by atoms with van der Waals surface area (Å²) in [7, 11) is 1.25. The molecule has 0 aliphatic carbocycles. The SMILES string of the molecule is COc1cc(F)c(NCCCC(=O)O)cc1F. The van der Waals surface area contributed by atoms with Gasteiger partial charge in [-0.05, 0) is 6.42 Å². The number of carboxylic acid groups (broad SMARTS) is 1. The maximum absolute atomic E-state index is 13.4. The monoisotopic (exact) mass is 245 g/mol. The number of halogens is 2. The Hall–Kier alpha value is -1.85. The fourth-order valence-electron chi connectivity index (χ4n) is 1.28. The van der Waals surface area contributed by atoms with Crippen LogP contribution >= 0.6 is 0 Å². The van der Waals surface area contributed by atoms with E-state index >= 15 is 0 Å². The molecule has 17 heavy (non-hydrogen) atoms. The van der Waals surface area contributed by atoms with Crippen LogP contribution in [0.25, 0.3) is 0 Å². The van der Waals surface area contributed by atoms with E-state index in [4.69, 9.17) is 5.11 Å². The van der Waals surface area contributed by atoms with Crippen molar-refractivity contribution in [3.05, 3.63) is 23.8 Å². The van der Waals surface area contributed by atoms with Crippen LogP contribution in [0.2, 0.25) is 0 Å². The number of benzene rings is 1. The largest absolute Gasteiger partial charge is 0.494 e. The Morgan fingerprint density at radius 1 is 1.41 bits per heavy atom. The van der Waals surface area contributed by atoms with Crippen molar-refractivity contribution in [2.75, 3.05) is 19.0 Å². The summed E-state index contributed by atoms with van der Waals surface area (Å²) in [5.74, 6) is -2.40. The van der Waals surface area contributed by atoms with Gasteiger partial charge in [0.25, 0.3) is 0 Å². The summed E-state index contributed by atoms with van der Waals surface area (Å²) >= 11 is 0. The van der Waals surface area contributed by atoms with Crippen molar-refractivity contribution in [2.24, 2.45) is 0 Å². The van der Waals surface area contributed by atoms with Crippen LogP contribution in [0.3, 0.4) is 0 Å².